The molecule has 0 unspecified atom stereocenters. The van der Waals surface area contributed by atoms with Crippen LogP contribution in [0, 0.1) is 11.3 Å². The zero-order chi connectivity index (χ0) is 19.3. The number of anilines is 1. The van der Waals surface area contributed by atoms with E-state index in [0.717, 1.165) is 16.6 Å². The van der Waals surface area contributed by atoms with E-state index in [1.165, 1.54) is 0 Å². The molecule has 6 heteroatoms. The highest BCUT2D eigenvalue weighted by molar-refractivity contribution is 5.96. The van der Waals surface area contributed by atoms with Crippen molar-refractivity contribution in [2.24, 2.45) is 0 Å². The number of hydrogen-bond donors (Lipinski definition) is 2. The van der Waals surface area contributed by atoms with E-state index in [2.05, 4.69) is 15.3 Å². The molecular formula is C22H16N4O2. The number of ether oxygens (including phenoxy) is 1. The normalized spacial score (nSPS) is 10.4. The molecule has 136 valence electrons. The predicted octanol–water partition coefficient (Wildman–Crippen LogP) is 4.12. The lowest BCUT2D eigenvalue weighted by molar-refractivity contribution is -0.118. The zero-order valence-corrected chi connectivity index (χ0v) is 14.8. The number of nitriles is 1. The molecule has 6 nitrogen and oxygen atoms in total. The molecule has 0 atom stereocenters. The van der Waals surface area contributed by atoms with E-state index in [4.69, 9.17) is 10.00 Å². The second-order valence-electron chi connectivity index (χ2n) is 6.09. The molecule has 0 bridgehead atoms. The number of fused-ring (bicyclic) bond motifs is 1. The van der Waals surface area contributed by atoms with E-state index in [9.17, 15) is 4.79 Å². The number of para-hydroxylation sites is 4. The quantitative estimate of drug-likeness (QED) is 0.554. The average molecular weight is 368 g/mol. The number of hydrogen-bond acceptors (Lipinski definition) is 4. The molecule has 0 saturated carbocycles. The maximum atomic E-state index is 12.4. The fourth-order valence-electron chi connectivity index (χ4n) is 2.89. The number of carbonyl (C=O) groups excluding carboxylic acids is 1. The summed E-state index contributed by atoms with van der Waals surface area (Å²) < 4.78 is 5.50. The Balaban J connectivity index is 1.52. The van der Waals surface area contributed by atoms with Gasteiger partial charge in [0.15, 0.2) is 6.61 Å². The van der Waals surface area contributed by atoms with Crippen LogP contribution in [0.5, 0.6) is 5.75 Å². The highest BCUT2D eigenvalue weighted by Gasteiger charge is 2.13. The van der Waals surface area contributed by atoms with Gasteiger partial charge in [-0.1, -0.05) is 36.4 Å². The van der Waals surface area contributed by atoms with Gasteiger partial charge in [0.1, 0.15) is 17.6 Å². The first kappa shape index (κ1) is 17.3. The molecule has 0 aliphatic carbocycles. The SMILES string of the molecule is N#Cc1ccccc1OCC(=O)Nc1ccccc1-c1nc2ccccc2[nH]1. The minimum Gasteiger partial charge on any atom is -0.482 e. The third-order valence-electron chi connectivity index (χ3n) is 4.21. The molecule has 1 aromatic heterocycles. The molecule has 4 rings (SSSR count). The van der Waals surface area contributed by atoms with Gasteiger partial charge in [0, 0.05) is 5.56 Å². The Morgan fingerprint density at radius 2 is 1.79 bits per heavy atom. The number of rotatable bonds is 5. The number of imidazole rings is 1. The minimum atomic E-state index is -0.323. The molecule has 1 heterocycles. The predicted molar refractivity (Wildman–Crippen MR) is 107 cm³/mol. The second kappa shape index (κ2) is 7.64. The zero-order valence-electron chi connectivity index (χ0n) is 14.8. The third kappa shape index (κ3) is 3.55. The monoisotopic (exact) mass is 368 g/mol. The first-order valence-electron chi connectivity index (χ1n) is 8.70. The minimum absolute atomic E-state index is 0.201. The molecular weight excluding hydrogens is 352 g/mol. The summed E-state index contributed by atoms with van der Waals surface area (Å²) in [6.07, 6.45) is 0. The van der Waals surface area contributed by atoms with E-state index in [1.54, 1.807) is 24.3 Å². The number of H-pyrrole nitrogens is 1. The standard InChI is InChI=1S/C22H16N4O2/c23-13-15-7-1-6-12-20(15)28-14-21(27)24-17-9-3-2-8-16(17)22-25-18-10-4-5-11-19(18)26-22/h1-12H,14H2,(H,24,27)(H,25,26). The Labute approximate surface area is 161 Å². The van der Waals surface area contributed by atoms with Crippen molar-refractivity contribution in [2.45, 2.75) is 0 Å². The fraction of sp³-hybridized carbons (Fsp3) is 0.0455. The second-order valence-corrected chi connectivity index (χ2v) is 6.09. The molecule has 0 saturated heterocycles. The van der Waals surface area contributed by atoms with Gasteiger partial charge in [-0.05, 0) is 36.4 Å². The maximum Gasteiger partial charge on any atom is 0.262 e. The first-order valence-corrected chi connectivity index (χ1v) is 8.70. The van der Waals surface area contributed by atoms with Crippen LogP contribution in [0.2, 0.25) is 0 Å². The van der Waals surface area contributed by atoms with Crippen LogP contribution in [-0.2, 0) is 4.79 Å². The molecule has 3 aromatic carbocycles. The van der Waals surface area contributed by atoms with Gasteiger partial charge in [0.2, 0.25) is 0 Å². The van der Waals surface area contributed by atoms with Crippen molar-refractivity contribution in [1.29, 1.82) is 5.26 Å². The summed E-state index contributed by atoms with van der Waals surface area (Å²) in [6, 6.07) is 24.0. The van der Waals surface area contributed by atoms with Crippen molar-refractivity contribution in [1.82, 2.24) is 9.97 Å². The fourth-order valence-corrected chi connectivity index (χ4v) is 2.89. The summed E-state index contributed by atoms with van der Waals surface area (Å²) >= 11 is 0. The highest BCUT2D eigenvalue weighted by atomic mass is 16.5. The lowest BCUT2D eigenvalue weighted by Gasteiger charge is -2.11. The lowest BCUT2D eigenvalue weighted by atomic mass is 10.1. The van der Waals surface area contributed by atoms with Crippen molar-refractivity contribution >= 4 is 22.6 Å². The molecule has 0 aliphatic rings. The Morgan fingerprint density at radius 3 is 2.64 bits per heavy atom. The van der Waals surface area contributed by atoms with Crippen LogP contribution in [0.25, 0.3) is 22.4 Å². The average Bonchev–Trinajstić information content (AvgIpc) is 3.17. The molecule has 0 fully saturated rings. The van der Waals surface area contributed by atoms with E-state index < -0.39 is 0 Å². The van der Waals surface area contributed by atoms with Crippen LogP contribution in [0.3, 0.4) is 0 Å². The largest absolute Gasteiger partial charge is 0.482 e. The lowest BCUT2D eigenvalue weighted by Crippen LogP contribution is -2.20. The van der Waals surface area contributed by atoms with E-state index in [1.807, 2.05) is 54.6 Å². The van der Waals surface area contributed by atoms with Gasteiger partial charge in [0.05, 0.1) is 22.3 Å². The van der Waals surface area contributed by atoms with Crippen LogP contribution >= 0.6 is 0 Å². The van der Waals surface area contributed by atoms with Gasteiger partial charge in [-0.2, -0.15) is 5.26 Å². The summed E-state index contributed by atoms with van der Waals surface area (Å²) in [5.41, 5.74) is 3.58. The van der Waals surface area contributed by atoms with Crippen LogP contribution < -0.4 is 10.1 Å². The van der Waals surface area contributed by atoms with Gasteiger partial charge < -0.3 is 15.0 Å². The Hall–Kier alpha value is -4.11. The van der Waals surface area contributed by atoms with E-state index >= 15 is 0 Å². The van der Waals surface area contributed by atoms with Crippen LogP contribution in [0.1, 0.15) is 5.56 Å². The number of aromatic nitrogens is 2. The molecule has 0 aliphatic heterocycles. The van der Waals surface area contributed by atoms with Crippen molar-refractivity contribution in [3.05, 3.63) is 78.4 Å². The smallest absolute Gasteiger partial charge is 0.262 e. The highest BCUT2D eigenvalue weighted by Crippen LogP contribution is 2.27. The summed E-state index contributed by atoms with van der Waals surface area (Å²) in [7, 11) is 0. The van der Waals surface area contributed by atoms with Crippen LogP contribution in [0.15, 0.2) is 72.8 Å². The number of benzene rings is 3. The van der Waals surface area contributed by atoms with Crippen molar-refractivity contribution in [3.63, 3.8) is 0 Å². The van der Waals surface area contributed by atoms with Crippen molar-refractivity contribution in [2.75, 3.05) is 11.9 Å². The van der Waals surface area contributed by atoms with Gasteiger partial charge in [-0.3, -0.25) is 4.79 Å². The first-order chi connectivity index (χ1) is 13.7. The third-order valence-corrected chi connectivity index (χ3v) is 4.21. The van der Waals surface area contributed by atoms with Crippen molar-refractivity contribution in [3.8, 4) is 23.2 Å². The number of nitrogens with zero attached hydrogens (tertiary/aromatic N) is 2. The maximum absolute atomic E-state index is 12.4. The summed E-state index contributed by atoms with van der Waals surface area (Å²) in [6.45, 7) is -0.201. The van der Waals surface area contributed by atoms with Crippen molar-refractivity contribution < 1.29 is 9.53 Å². The van der Waals surface area contributed by atoms with Gasteiger partial charge in [-0.25, -0.2) is 4.98 Å². The molecule has 1 amide bonds. The molecule has 2 N–H and O–H groups in total. The summed E-state index contributed by atoms with van der Waals surface area (Å²) in [5, 5.41) is 12.0. The van der Waals surface area contributed by atoms with Gasteiger partial charge in [-0.15, -0.1) is 0 Å². The summed E-state index contributed by atoms with van der Waals surface area (Å²) in [5.74, 6) is 0.731. The van der Waals surface area contributed by atoms with E-state index in [0.29, 0.717) is 22.8 Å². The molecule has 4 aromatic rings. The molecule has 0 spiro atoms. The molecule has 28 heavy (non-hydrogen) atoms. The number of nitrogens with one attached hydrogen (secondary N) is 2. The van der Waals surface area contributed by atoms with E-state index in [-0.39, 0.29) is 12.5 Å². The molecule has 0 radical (unpaired) electrons. The number of aromatic amines is 1. The number of carbonyl (C=O) groups is 1. The van der Waals surface area contributed by atoms with Gasteiger partial charge >= 0.3 is 0 Å². The van der Waals surface area contributed by atoms with Crippen LogP contribution in [0.4, 0.5) is 5.69 Å². The van der Waals surface area contributed by atoms with Crippen LogP contribution in [-0.4, -0.2) is 22.5 Å². The Morgan fingerprint density at radius 1 is 1.04 bits per heavy atom. The van der Waals surface area contributed by atoms with Gasteiger partial charge in [0.25, 0.3) is 5.91 Å². The summed E-state index contributed by atoms with van der Waals surface area (Å²) in [4.78, 5) is 20.3. The Kier molecular flexibility index (Phi) is 4.72. The number of amides is 1. The topological polar surface area (TPSA) is 90.8 Å². The Bertz CT molecular complexity index is 1160.